The van der Waals surface area contributed by atoms with Crippen LogP contribution in [0.4, 0.5) is 5.82 Å². The summed E-state index contributed by atoms with van der Waals surface area (Å²) in [5.74, 6) is -1.76. The van der Waals surface area contributed by atoms with Crippen LogP contribution in [0.3, 0.4) is 0 Å². The van der Waals surface area contributed by atoms with Gasteiger partial charge < -0.3 is 14.6 Å². The van der Waals surface area contributed by atoms with Crippen LogP contribution in [0, 0.1) is 31.1 Å². The minimum atomic E-state index is -1.48. The molecular formula is C22H20N4O3. The molecule has 0 spiro atoms. The number of aromatic nitrogens is 2. The second kappa shape index (κ2) is 8.40. The lowest BCUT2D eigenvalue weighted by molar-refractivity contribution is -0.117. The Kier molecular flexibility index (Phi) is 5.74. The van der Waals surface area contributed by atoms with Crippen molar-refractivity contribution in [2.75, 3.05) is 12.4 Å². The first-order valence-corrected chi connectivity index (χ1v) is 8.95. The van der Waals surface area contributed by atoms with Crippen molar-refractivity contribution in [3.05, 3.63) is 71.7 Å². The number of Topliss-reactive ketones (excluding diaryl/α,β-unsaturated/α-hetero) is 1. The van der Waals surface area contributed by atoms with Gasteiger partial charge in [-0.1, -0.05) is 12.1 Å². The molecule has 3 aromatic rings. The minimum absolute atomic E-state index is 0.285. The van der Waals surface area contributed by atoms with E-state index in [1.165, 1.54) is 6.20 Å². The van der Waals surface area contributed by atoms with Gasteiger partial charge in [-0.05, 0) is 44.2 Å². The number of aryl methyl sites for hydroxylation is 1. The SMILES string of the molecule is COc1cccc(-n2c(C)cc(C(=O)[C@H](C#N)C(=O)Nc3ccccn3)c2C)c1. The Balaban J connectivity index is 1.92. The molecule has 0 aliphatic heterocycles. The maximum absolute atomic E-state index is 13.0. The highest BCUT2D eigenvalue weighted by Gasteiger charge is 2.30. The molecule has 146 valence electrons. The molecule has 1 aromatic carbocycles. The third-order valence-electron chi connectivity index (χ3n) is 4.58. The largest absolute Gasteiger partial charge is 0.497 e. The van der Waals surface area contributed by atoms with Gasteiger partial charge in [0.15, 0.2) is 11.7 Å². The van der Waals surface area contributed by atoms with Gasteiger partial charge in [-0.15, -0.1) is 0 Å². The normalized spacial score (nSPS) is 11.4. The van der Waals surface area contributed by atoms with E-state index in [4.69, 9.17) is 4.74 Å². The molecule has 0 fully saturated rings. The van der Waals surface area contributed by atoms with Crippen LogP contribution in [0.25, 0.3) is 5.69 Å². The van der Waals surface area contributed by atoms with Gasteiger partial charge >= 0.3 is 0 Å². The van der Waals surface area contributed by atoms with E-state index in [9.17, 15) is 14.9 Å². The number of nitrogens with zero attached hydrogens (tertiary/aromatic N) is 3. The zero-order valence-corrected chi connectivity index (χ0v) is 16.3. The standard InChI is InChI=1S/C22H20N4O3/c1-14-11-18(15(2)26(14)16-7-6-8-17(12-16)29-3)21(27)19(13-23)22(28)25-20-9-4-5-10-24-20/h4-12,19H,1-3H3,(H,24,25,28)/t19-/m0/s1. The molecule has 2 heterocycles. The molecule has 0 bridgehead atoms. The molecule has 0 aliphatic rings. The maximum atomic E-state index is 13.0. The first kappa shape index (κ1) is 19.8. The first-order chi connectivity index (χ1) is 14.0. The molecule has 1 atom stereocenters. The number of ether oxygens (including phenoxy) is 1. The average Bonchev–Trinajstić information content (AvgIpc) is 3.03. The third kappa shape index (κ3) is 4.01. The van der Waals surface area contributed by atoms with Crippen LogP contribution in [0.15, 0.2) is 54.7 Å². The topological polar surface area (TPSA) is 97.0 Å². The smallest absolute Gasteiger partial charge is 0.250 e. The van der Waals surface area contributed by atoms with Crippen LogP contribution in [0.1, 0.15) is 21.7 Å². The van der Waals surface area contributed by atoms with Crippen LogP contribution in [0.5, 0.6) is 5.75 Å². The number of nitriles is 1. The lowest BCUT2D eigenvalue weighted by atomic mass is 9.98. The molecule has 0 radical (unpaired) electrons. The molecule has 0 saturated heterocycles. The van der Waals surface area contributed by atoms with Crippen molar-refractivity contribution in [1.82, 2.24) is 9.55 Å². The predicted octanol–water partition coefficient (Wildman–Crippen LogP) is 3.46. The molecular weight excluding hydrogens is 368 g/mol. The number of carbonyl (C=O) groups is 2. The summed E-state index contributed by atoms with van der Waals surface area (Å²) in [5, 5.41) is 12.0. The summed E-state index contributed by atoms with van der Waals surface area (Å²) in [5.41, 5.74) is 2.60. The van der Waals surface area contributed by atoms with E-state index in [1.54, 1.807) is 38.3 Å². The first-order valence-electron chi connectivity index (χ1n) is 8.95. The van der Waals surface area contributed by atoms with E-state index < -0.39 is 17.6 Å². The van der Waals surface area contributed by atoms with Gasteiger partial charge in [0, 0.05) is 34.9 Å². The second-order valence-corrected chi connectivity index (χ2v) is 6.45. The lowest BCUT2D eigenvalue weighted by Gasteiger charge is -2.12. The summed E-state index contributed by atoms with van der Waals surface area (Å²) in [4.78, 5) is 29.5. The number of benzene rings is 1. The number of carbonyl (C=O) groups excluding carboxylic acids is 2. The van der Waals surface area contributed by atoms with Gasteiger partial charge in [-0.25, -0.2) is 4.98 Å². The quantitative estimate of drug-likeness (QED) is 0.515. The van der Waals surface area contributed by atoms with Gasteiger partial charge in [0.1, 0.15) is 11.6 Å². The van der Waals surface area contributed by atoms with Gasteiger partial charge in [0.25, 0.3) is 5.91 Å². The highest BCUT2D eigenvalue weighted by molar-refractivity contribution is 6.16. The number of hydrogen-bond donors (Lipinski definition) is 1. The van der Waals surface area contributed by atoms with Crippen LogP contribution < -0.4 is 10.1 Å². The molecule has 29 heavy (non-hydrogen) atoms. The Hall–Kier alpha value is -3.92. The Morgan fingerprint density at radius 3 is 2.62 bits per heavy atom. The van der Waals surface area contributed by atoms with Crippen molar-refractivity contribution in [2.45, 2.75) is 13.8 Å². The van der Waals surface area contributed by atoms with Crippen molar-refractivity contribution in [2.24, 2.45) is 5.92 Å². The predicted molar refractivity (Wildman–Crippen MR) is 108 cm³/mol. The average molecular weight is 388 g/mol. The van der Waals surface area contributed by atoms with Gasteiger partial charge in [-0.3, -0.25) is 9.59 Å². The van der Waals surface area contributed by atoms with Crippen molar-refractivity contribution >= 4 is 17.5 Å². The fraction of sp³-hybridized carbons (Fsp3) is 0.182. The van der Waals surface area contributed by atoms with Crippen molar-refractivity contribution in [1.29, 1.82) is 5.26 Å². The zero-order valence-electron chi connectivity index (χ0n) is 16.3. The monoisotopic (exact) mass is 388 g/mol. The molecule has 0 aliphatic carbocycles. The summed E-state index contributed by atoms with van der Waals surface area (Å²) in [6.45, 7) is 3.64. The second-order valence-electron chi connectivity index (χ2n) is 6.45. The molecule has 2 aromatic heterocycles. The number of ketones is 1. The van der Waals surface area contributed by atoms with E-state index in [0.29, 0.717) is 17.0 Å². The van der Waals surface area contributed by atoms with E-state index in [-0.39, 0.29) is 5.82 Å². The molecule has 1 amide bonds. The number of rotatable bonds is 6. The number of amides is 1. The maximum Gasteiger partial charge on any atom is 0.250 e. The summed E-state index contributed by atoms with van der Waals surface area (Å²) in [6.07, 6.45) is 1.51. The van der Waals surface area contributed by atoms with Crippen LogP contribution in [-0.2, 0) is 4.79 Å². The number of anilines is 1. The summed E-state index contributed by atoms with van der Waals surface area (Å²) in [7, 11) is 1.58. The zero-order chi connectivity index (χ0) is 21.0. The lowest BCUT2D eigenvalue weighted by Crippen LogP contribution is -2.29. The number of nitrogens with one attached hydrogen (secondary N) is 1. The van der Waals surface area contributed by atoms with Gasteiger partial charge in [0.2, 0.25) is 0 Å². The Morgan fingerprint density at radius 2 is 1.97 bits per heavy atom. The summed E-state index contributed by atoms with van der Waals surface area (Å²) < 4.78 is 7.16. The van der Waals surface area contributed by atoms with Crippen molar-refractivity contribution in [3.63, 3.8) is 0 Å². The van der Waals surface area contributed by atoms with Crippen molar-refractivity contribution in [3.8, 4) is 17.5 Å². The Morgan fingerprint density at radius 1 is 1.17 bits per heavy atom. The minimum Gasteiger partial charge on any atom is -0.497 e. The molecule has 7 nitrogen and oxygen atoms in total. The number of methoxy groups -OCH3 is 1. The highest BCUT2D eigenvalue weighted by atomic mass is 16.5. The van der Waals surface area contributed by atoms with E-state index in [2.05, 4.69) is 10.3 Å². The van der Waals surface area contributed by atoms with Crippen LogP contribution in [-0.4, -0.2) is 28.4 Å². The van der Waals surface area contributed by atoms with Crippen LogP contribution >= 0.6 is 0 Å². The van der Waals surface area contributed by atoms with E-state index >= 15 is 0 Å². The van der Waals surface area contributed by atoms with Crippen LogP contribution in [0.2, 0.25) is 0 Å². The number of pyridine rings is 1. The summed E-state index contributed by atoms with van der Waals surface area (Å²) in [6, 6.07) is 15.9. The molecule has 7 heteroatoms. The fourth-order valence-electron chi connectivity index (χ4n) is 3.19. The van der Waals surface area contributed by atoms with Gasteiger partial charge in [-0.2, -0.15) is 5.26 Å². The third-order valence-corrected chi connectivity index (χ3v) is 4.58. The van der Waals surface area contributed by atoms with Gasteiger partial charge in [0.05, 0.1) is 13.2 Å². The van der Waals surface area contributed by atoms with E-state index in [1.807, 2.05) is 41.8 Å². The Bertz CT molecular complexity index is 1100. The molecule has 3 rings (SSSR count). The Labute approximate surface area is 168 Å². The fourth-order valence-corrected chi connectivity index (χ4v) is 3.19. The highest BCUT2D eigenvalue weighted by Crippen LogP contribution is 2.25. The molecule has 1 N–H and O–H groups in total. The molecule has 0 saturated carbocycles. The van der Waals surface area contributed by atoms with E-state index in [0.717, 1.165) is 11.4 Å². The van der Waals surface area contributed by atoms with Crippen molar-refractivity contribution < 1.29 is 14.3 Å². The summed E-state index contributed by atoms with van der Waals surface area (Å²) >= 11 is 0. The number of hydrogen-bond acceptors (Lipinski definition) is 5. The molecule has 0 unspecified atom stereocenters.